The van der Waals surface area contributed by atoms with Crippen LogP contribution in [0.5, 0.6) is 11.5 Å². The molecule has 1 aliphatic rings. The molecule has 106 valence electrons. The molecule has 0 unspecified atom stereocenters. The average molecular weight is 288 g/mol. The van der Waals surface area contributed by atoms with Crippen LogP contribution >= 0.6 is 0 Å². The number of nitrogens with one attached hydrogen (secondary N) is 1. The maximum Gasteiger partial charge on any atom is 0.172 e. The highest BCUT2D eigenvalue weighted by molar-refractivity contribution is 5.82. The van der Waals surface area contributed by atoms with Gasteiger partial charge >= 0.3 is 0 Å². The molecule has 0 amide bonds. The molecule has 0 atom stereocenters. The van der Waals surface area contributed by atoms with Gasteiger partial charge in [0.2, 0.25) is 0 Å². The minimum Gasteiger partial charge on any atom is -0.486 e. The Bertz CT molecular complexity index is 845. The molecule has 4 nitrogen and oxygen atoms in total. The Balaban J connectivity index is 1.93. The summed E-state index contributed by atoms with van der Waals surface area (Å²) < 4.78 is 38.1. The maximum absolute atomic E-state index is 13.7. The number of imidazole rings is 1. The van der Waals surface area contributed by atoms with Crippen LogP contribution in [0.2, 0.25) is 0 Å². The van der Waals surface area contributed by atoms with Gasteiger partial charge in [-0.1, -0.05) is 6.07 Å². The topological polar surface area (TPSA) is 47.1 Å². The number of halogens is 2. The number of rotatable bonds is 1. The van der Waals surface area contributed by atoms with Gasteiger partial charge in [0, 0.05) is 6.07 Å². The van der Waals surface area contributed by atoms with Gasteiger partial charge in [-0.2, -0.15) is 0 Å². The lowest BCUT2D eigenvalue weighted by molar-refractivity contribution is 0.172. The quantitative estimate of drug-likeness (QED) is 0.747. The molecule has 0 radical (unpaired) electrons. The maximum atomic E-state index is 13.7. The minimum absolute atomic E-state index is 0.0979. The van der Waals surface area contributed by atoms with E-state index in [0.717, 1.165) is 6.07 Å². The smallest absolute Gasteiger partial charge is 0.172 e. The first kappa shape index (κ1) is 12.1. The molecular weight excluding hydrogens is 278 g/mol. The summed E-state index contributed by atoms with van der Waals surface area (Å²) in [5.41, 5.74) is 1.06. The van der Waals surface area contributed by atoms with Crippen molar-refractivity contribution in [3.05, 3.63) is 42.0 Å². The minimum atomic E-state index is -0.700. The number of hydrogen-bond donors (Lipinski definition) is 1. The van der Waals surface area contributed by atoms with Crippen LogP contribution in [0, 0.1) is 11.6 Å². The molecule has 0 aliphatic carbocycles. The number of H-pyrrole nitrogens is 1. The summed E-state index contributed by atoms with van der Waals surface area (Å²) in [6, 6.07) is 7.40. The largest absolute Gasteiger partial charge is 0.486 e. The summed E-state index contributed by atoms with van der Waals surface area (Å²) in [6.07, 6.45) is 0. The molecule has 3 aromatic rings. The monoisotopic (exact) mass is 288 g/mol. The summed E-state index contributed by atoms with van der Waals surface area (Å²) in [6.45, 7) is 0.920. The van der Waals surface area contributed by atoms with Crippen LogP contribution in [0.25, 0.3) is 22.4 Å². The molecule has 2 heterocycles. The van der Waals surface area contributed by atoms with Crippen molar-refractivity contribution in [3.63, 3.8) is 0 Å². The Morgan fingerprint density at radius 3 is 2.86 bits per heavy atom. The van der Waals surface area contributed by atoms with Crippen LogP contribution in [0.4, 0.5) is 8.78 Å². The van der Waals surface area contributed by atoms with Gasteiger partial charge in [0.25, 0.3) is 0 Å². The molecule has 0 saturated carbocycles. The molecule has 1 aromatic heterocycles. The first-order valence-corrected chi connectivity index (χ1v) is 6.46. The van der Waals surface area contributed by atoms with E-state index in [9.17, 15) is 8.78 Å². The molecule has 2 aromatic carbocycles. The lowest BCUT2D eigenvalue weighted by Gasteiger charge is -2.20. The van der Waals surface area contributed by atoms with E-state index in [1.165, 1.54) is 6.07 Å². The predicted octanol–water partition coefficient (Wildman–Crippen LogP) is 3.28. The zero-order valence-electron chi connectivity index (χ0n) is 10.8. The molecule has 0 bridgehead atoms. The van der Waals surface area contributed by atoms with Gasteiger partial charge in [-0.05, 0) is 18.2 Å². The standard InChI is InChI=1S/C15H10F2N2O2/c16-8-6-10(17)13-11(7-8)18-15(19-13)9-2-1-3-12-14(9)21-5-4-20-12/h1-3,6-7H,4-5H2,(H,18,19). The van der Waals surface area contributed by atoms with Crippen LogP contribution in [-0.4, -0.2) is 23.2 Å². The number of ether oxygens (including phenoxy) is 2. The van der Waals surface area contributed by atoms with Crippen LogP contribution < -0.4 is 9.47 Å². The summed E-state index contributed by atoms with van der Waals surface area (Å²) in [7, 11) is 0. The SMILES string of the molecule is Fc1cc(F)c2nc(-c3cccc4c3OCCO4)[nH]c2c1. The van der Waals surface area contributed by atoms with E-state index in [0.29, 0.717) is 41.6 Å². The van der Waals surface area contributed by atoms with E-state index in [2.05, 4.69) is 9.97 Å². The molecule has 0 saturated heterocycles. The second-order valence-electron chi connectivity index (χ2n) is 4.70. The molecule has 1 aliphatic heterocycles. The van der Waals surface area contributed by atoms with Crippen LogP contribution in [0.3, 0.4) is 0 Å². The highest BCUT2D eigenvalue weighted by Gasteiger charge is 2.19. The first-order chi connectivity index (χ1) is 10.2. The Morgan fingerprint density at radius 1 is 1.10 bits per heavy atom. The van der Waals surface area contributed by atoms with E-state index in [-0.39, 0.29) is 5.52 Å². The highest BCUT2D eigenvalue weighted by Crippen LogP contribution is 2.39. The second kappa shape index (κ2) is 4.44. The van der Waals surface area contributed by atoms with Crippen molar-refractivity contribution >= 4 is 11.0 Å². The Kier molecular flexibility index (Phi) is 2.57. The predicted molar refractivity (Wildman–Crippen MR) is 72.4 cm³/mol. The van der Waals surface area contributed by atoms with Crippen LogP contribution in [0.1, 0.15) is 0 Å². The van der Waals surface area contributed by atoms with Crippen molar-refractivity contribution in [1.29, 1.82) is 0 Å². The van der Waals surface area contributed by atoms with E-state index in [1.54, 1.807) is 18.2 Å². The molecule has 0 spiro atoms. The van der Waals surface area contributed by atoms with Gasteiger partial charge in [0.05, 0.1) is 11.1 Å². The van der Waals surface area contributed by atoms with Gasteiger partial charge in [-0.3, -0.25) is 0 Å². The molecule has 0 fully saturated rings. The lowest BCUT2D eigenvalue weighted by Crippen LogP contribution is -2.15. The van der Waals surface area contributed by atoms with Crippen molar-refractivity contribution in [3.8, 4) is 22.9 Å². The normalized spacial score (nSPS) is 13.6. The summed E-state index contributed by atoms with van der Waals surface area (Å²) in [4.78, 5) is 7.12. The zero-order chi connectivity index (χ0) is 14.4. The van der Waals surface area contributed by atoms with E-state index in [1.807, 2.05) is 0 Å². The van der Waals surface area contributed by atoms with Gasteiger partial charge in [-0.15, -0.1) is 0 Å². The van der Waals surface area contributed by atoms with Crippen LogP contribution in [-0.2, 0) is 0 Å². The van der Waals surface area contributed by atoms with E-state index >= 15 is 0 Å². The van der Waals surface area contributed by atoms with Crippen molar-refractivity contribution < 1.29 is 18.3 Å². The summed E-state index contributed by atoms with van der Waals surface area (Å²) in [5, 5.41) is 0. The van der Waals surface area contributed by atoms with E-state index in [4.69, 9.17) is 9.47 Å². The third kappa shape index (κ3) is 1.91. The molecule has 21 heavy (non-hydrogen) atoms. The number of aromatic nitrogens is 2. The van der Waals surface area contributed by atoms with Gasteiger partial charge in [0.1, 0.15) is 30.4 Å². The molecule has 4 rings (SSSR count). The fourth-order valence-electron chi connectivity index (χ4n) is 2.43. The molecular formula is C15H10F2N2O2. The molecule has 1 N–H and O–H groups in total. The summed E-state index contributed by atoms with van der Waals surface area (Å²) >= 11 is 0. The van der Waals surface area contributed by atoms with Crippen molar-refractivity contribution in [2.24, 2.45) is 0 Å². The third-order valence-corrected chi connectivity index (χ3v) is 3.33. The third-order valence-electron chi connectivity index (χ3n) is 3.33. The van der Waals surface area contributed by atoms with E-state index < -0.39 is 11.6 Å². The van der Waals surface area contributed by atoms with Crippen molar-refractivity contribution in [2.75, 3.05) is 13.2 Å². The number of fused-ring (bicyclic) bond motifs is 2. The fraction of sp³-hybridized carbons (Fsp3) is 0.133. The lowest BCUT2D eigenvalue weighted by atomic mass is 10.1. The average Bonchev–Trinajstić information content (AvgIpc) is 2.90. The number of hydrogen-bond acceptors (Lipinski definition) is 3. The van der Waals surface area contributed by atoms with Gasteiger partial charge in [0.15, 0.2) is 17.3 Å². The fourth-order valence-corrected chi connectivity index (χ4v) is 2.43. The van der Waals surface area contributed by atoms with Crippen molar-refractivity contribution in [1.82, 2.24) is 9.97 Å². The summed E-state index contributed by atoms with van der Waals surface area (Å²) in [5.74, 6) is 0.241. The zero-order valence-corrected chi connectivity index (χ0v) is 10.8. The number of aromatic amines is 1. The second-order valence-corrected chi connectivity index (χ2v) is 4.70. The highest BCUT2D eigenvalue weighted by atomic mass is 19.1. The van der Waals surface area contributed by atoms with Gasteiger partial charge < -0.3 is 14.5 Å². The Morgan fingerprint density at radius 2 is 1.95 bits per heavy atom. The van der Waals surface area contributed by atoms with Crippen LogP contribution in [0.15, 0.2) is 30.3 Å². The Labute approximate surface area is 118 Å². The first-order valence-electron chi connectivity index (χ1n) is 6.46. The number of para-hydroxylation sites is 1. The van der Waals surface area contributed by atoms with Gasteiger partial charge in [-0.25, -0.2) is 13.8 Å². The van der Waals surface area contributed by atoms with Crippen molar-refractivity contribution in [2.45, 2.75) is 0 Å². The Hall–Kier alpha value is -2.63. The molecule has 6 heteroatoms. The number of nitrogens with zero attached hydrogens (tertiary/aromatic N) is 1. The number of benzene rings is 2.